The lowest BCUT2D eigenvalue weighted by atomic mass is 10.0. The van der Waals surface area contributed by atoms with Gasteiger partial charge in [-0.15, -0.1) is 0 Å². The van der Waals surface area contributed by atoms with Gasteiger partial charge in [-0.2, -0.15) is 4.98 Å². The van der Waals surface area contributed by atoms with Crippen molar-refractivity contribution in [1.82, 2.24) is 20.2 Å². The SMILES string of the molecule is Cc1cc(F)ccc1-c1nc(NCCN2CCCCC2)nc2c1CNCN2[O-]. The number of aryl methyl sites for hydroxylation is 1. The Morgan fingerprint density at radius 2 is 2.04 bits per heavy atom. The van der Waals surface area contributed by atoms with Crippen molar-refractivity contribution in [3.8, 4) is 11.3 Å². The van der Waals surface area contributed by atoms with E-state index in [0.29, 0.717) is 24.0 Å². The molecule has 150 valence electrons. The van der Waals surface area contributed by atoms with Crippen molar-refractivity contribution in [2.75, 3.05) is 43.2 Å². The first-order valence-corrected chi connectivity index (χ1v) is 9.91. The van der Waals surface area contributed by atoms with Crippen molar-refractivity contribution in [2.45, 2.75) is 32.7 Å². The highest BCUT2D eigenvalue weighted by Gasteiger charge is 2.21. The lowest BCUT2D eigenvalue weighted by Gasteiger charge is -2.36. The first-order chi connectivity index (χ1) is 13.6. The zero-order valence-electron chi connectivity index (χ0n) is 16.2. The first-order valence-electron chi connectivity index (χ1n) is 9.91. The molecule has 0 aliphatic carbocycles. The smallest absolute Gasteiger partial charge is 0.225 e. The Labute approximate surface area is 164 Å². The number of halogens is 1. The minimum absolute atomic E-state index is 0.194. The third-order valence-corrected chi connectivity index (χ3v) is 5.38. The molecule has 2 aliphatic heterocycles. The maximum absolute atomic E-state index is 13.6. The molecule has 4 rings (SSSR count). The zero-order valence-corrected chi connectivity index (χ0v) is 16.2. The molecule has 0 saturated carbocycles. The highest BCUT2D eigenvalue weighted by molar-refractivity contribution is 5.73. The van der Waals surface area contributed by atoms with Crippen LogP contribution in [0.4, 0.5) is 16.2 Å². The van der Waals surface area contributed by atoms with Crippen LogP contribution < -0.4 is 15.7 Å². The van der Waals surface area contributed by atoms with Gasteiger partial charge < -0.3 is 20.5 Å². The number of hydrogen-bond donors (Lipinski definition) is 2. The van der Waals surface area contributed by atoms with Gasteiger partial charge in [0.05, 0.1) is 12.4 Å². The summed E-state index contributed by atoms with van der Waals surface area (Å²) in [5.41, 5.74) is 3.02. The molecule has 2 N–H and O–H groups in total. The molecule has 0 spiro atoms. The summed E-state index contributed by atoms with van der Waals surface area (Å²) in [5, 5.41) is 19.5. The van der Waals surface area contributed by atoms with Crippen LogP contribution in [-0.2, 0) is 6.54 Å². The van der Waals surface area contributed by atoms with E-state index >= 15 is 0 Å². The monoisotopic (exact) mass is 385 g/mol. The van der Waals surface area contributed by atoms with E-state index < -0.39 is 0 Å². The van der Waals surface area contributed by atoms with E-state index in [1.165, 1.54) is 31.4 Å². The number of nitrogens with one attached hydrogen (secondary N) is 2. The number of anilines is 2. The third kappa shape index (κ3) is 4.09. The summed E-state index contributed by atoms with van der Waals surface area (Å²) in [7, 11) is 0. The number of likely N-dealkylation sites (tertiary alicyclic amines) is 1. The second-order valence-electron chi connectivity index (χ2n) is 7.45. The van der Waals surface area contributed by atoms with E-state index in [1.54, 1.807) is 6.07 Å². The standard InChI is InChI=1S/C20H26FN6O/c1-14-11-15(21)5-6-16(14)18-17-12-22-13-27(28)19(17)25-20(24-18)23-7-10-26-8-3-2-4-9-26/h5-6,11,22H,2-4,7-10,12-13H2,1H3,(H,23,24,25)/q-1. The molecule has 1 saturated heterocycles. The summed E-state index contributed by atoms with van der Waals surface area (Å²) in [6.07, 6.45) is 3.81. The average Bonchev–Trinajstić information content (AvgIpc) is 2.69. The maximum atomic E-state index is 13.6. The molecule has 2 aromatic rings. The molecule has 1 aromatic heterocycles. The number of hydrogen-bond acceptors (Lipinski definition) is 7. The topological polar surface area (TPSA) is 79.4 Å². The molecule has 1 aromatic carbocycles. The van der Waals surface area contributed by atoms with E-state index in [2.05, 4.69) is 20.5 Å². The van der Waals surface area contributed by atoms with Gasteiger partial charge >= 0.3 is 0 Å². The van der Waals surface area contributed by atoms with Crippen molar-refractivity contribution in [3.63, 3.8) is 0 Å². The highest BCUT2D eigenvalue weighted by atomic mass is 19.1. The number of fused-ring (bicyclic) bond motifs is 1. The second-order valence-corrected chi connectivity index (χ2v) is 7.45. The van der Waals surface area contributed by atoms with Crippen molar-refractivity contribution >= 4 is 11.8 Å². The van der Waals surface area contributed by atoms with Crippen LogP contribution in [0.25, 0.3) is 11.3 Å². The van der Waals surface area contributed by atoms with Gasteiger partial charge in [0.15, 0.2) is 0 Å². The van der Waals surface area contributed by atoms with Crippen molar-refractivity contribution in [3.05, 3.63) is 40.4 Å². The van der Waals surface area contributed by atoms with E-state index in [1.807, 2.05) is 6.92 Å². The molecule has 0 atom stereocenters. The summed E-state index contributed by atoms with van der Waals surface area (Å²) < 4.78 is 13.6. The van der Waals surface area contributed by atoms with Crippen LogP contribution in [0.3, 0.4) is 0 Å². The molecule has 0 radical (unpaired) electrons. The summed E-state index contributed by atoms with van der Waals surface area (Å²) >= 11 is 0. The van der Waals surface area contributed by atoms with Crippen molar-refractivity contribution < 1.29 is 4.39 Å². The molecule has 28 heavy (non-hydrogen) atoms. The van der Waals surface area contributed by atoms with Gasteiger partial charge in [0.1, 0.15) is 11.6 Å². The van der Waals surface area contributed by atoms with Crippen LogP contribution in [0.15, 0.2) is 18.2 Å². The average molecular weight is 385 g/mol. The predicted octanol–water partition coefficient (Wildman–Crippen LogP) is 2.85. The Bertz CT molecular complexity index is 840. The fourth-order valence-corrected chi connectivity index (χ4v) is 3.90. The van der Waals surface area contributed by atoms with Crippen LogP contribution in [0, 0.1) is 17.9 Å². The summed E-state index contributed by atoms with van der Waals surface area (Å²) in [6.45, 7) is 6.46. The van der Waals surface area contributed by atoms with Gasteiger partial charge in [0.25, 0.3) is 0 Å². The third-order valence-electron chi connectivity index (χ3n) is 5.38. The van der Waals surface area contributed by atoms with Gasteiger partial charge in [-0.05, 0) is 56.6 Å². The largest absolute Gasteiger partial charge is 0.756 e. The molecule has 0 unspecified atom stereocenters. The Kier molecular flexibility index (Phi) is 5.70. The van der Waals surface area contributed by atoms with Crippen LogP contribution in [0.2, 0.25) is 0 Å². The van der Waals surface area contributed by atoms with E-state index in [9.17, 15) is 9.60 Å². The normalized spacial score (nSPS) is 17.5. The summed E-state index contributed by atoms with van der Waals surface area (Å²) in [4.78, 5) is 11.6. The molecule has 7 nitrogen and oxygen atoms in total. The van der Waals surface area contributed by atoms with Crippen molar-refractivity contribution in [2.24, 2.45) is 0 Å². The van der Waals surface area contributed by atoms with Gasteiger partial charge in [-0.3, -0.25) is 5.32 Å². The maximum Gasteiger partial charge on any atom is 0.225 e. The number of hydroxylamine groups is 1. The van der Waals surface area contributed by atoms with E-state index in [4.69, 9.17) is 4.98 Å². The minimum Gasteiger partial charge on any atom is -0.756 e. The quantitative estimate of drug-likeness (QED) is 0.819. The molecular formula is C20H26FN6O-. The molecule has 0 amide bonds. The highest BCUT2D eigenvalue weighted by Crippen LogP contribution is 2.33. The van der Waals surface area contributed by atoms with Crippen LogP contribution in [0.5, 0.6) is 0 Å². The minimum atomic E-state index is -0.285. The van der Waals surface area contributed by atoms with Gasteiger partial charge in [-0.1, -0.05) is 6.42 Å². The predicted molar refractivity (Wildman–Crippen MR) is 108 cm³/mol. The number of benzene rings is 1. The Balaban J connectivity index is 1.61. The Morgan fingerprint density at radius 1 is 1.21 bits per heavy atom. The molecule has 1 fully saturated rings. The first kappa shape index (κ1) is 19.0. The molecule has 3 heterocycles. The number of piperidine rings is 1. The fourth-order valence-electron chi connectivity index (χ4n) is 3.90. The lowest BCUT2D eigenvalue weighted by molar-refractivity contribution is 0.237. The van der Waals surface area contributed by atoms with E-state index in [0.717, 1.165) is 47.9 Å². The molecule has 8 heteroatoms. The van der Waals surface area contributed by atoms with Gasteiger partial charge in [0.2, 0.25) is 5.95 Å². The molecule has 0 bridgehead atoms. The Hall–Kier alpha value is -2.29. The van der Waals surface area contributed by atoms with Crippen LogP contribution >= 0.6 is 0 Å². The van der Waals surface area contributed by atoms with Gasteiger partial charge in [0, 0.05) is 30.8 Å². The molecular weight excluding hydrogens is 359 g/mol. The number of nitrogens with zero attached hydrogens (tertiary/aromatic N) is 4. The lowest BCUT2D eigenvalue weighted by Crippen LogP contribution is -2.37. The van der Waals surface area contributed by atoms with E-state index in [-0.39, 0.29) is 12.5 Å². The zero-order chi connectivity index (χ0) is 19.5. The number of rotatable bonds is 5. The second kappa shape index (κ2) is 8.38. The summed E-state index contributed by atoms with van der Waals surface area (Å²) in [5.74, 6) is 0.540. The fraction of sp³-hybridized carbons (Fsp3) is 0.500. The molecule has 2 aliphatic rings. The van der Waals surface area contributed by atoms with Crippen LogP contribution in [-0.4, -0.2) is 47.7 Å². The Morgan fingerprint density at radius 3 is 2.82 bits per heavy atom. The van der Waals surface area contributed by atoms with Crippen LogP contribution in [0.1, 0.15) is 30.4 Å². The number of aromatic nitrogens is 2. The van der Waals surface area contributed by atoms with Gasteiger partial charge in [-0.25, -0.2) is 9.37 Å². The van der Waals surface area contributed by atoms with Crippen molar-refractivity contribution in [1.29, 1.82) is 0 Å². The summed E-state index contributed by atoms with van der Waals surface area (Å²) in [6, 6.07) is 4.62.